The number of nitrogen functional groups attached to an aromatic ring is 1. The fraction of sp³-hybridized carbons (Fsp3) is 0. The summed E-state index contributed by atoms with van der Waals surface area (Å²) in [6.45, 7) is 0. The van der Waals surface area contributed by atoms with E-state index in [2.05, 4.69) is 4.98 Å². The molecule has 12 heavy (non-hydrogen) atoms. The molecule has 0 spiro atoms. The molecular formula is C8H8N4. The summed E-state index contributed by atoms with van der Waals surface area (Å²) < 4.78 is 1.78. The van der Waals surface area contributed by atoms with Crippen LogP contribution in [0, 0.1) is 5.41 Å². The fourth-order valence-corrected chi connectivity index (χ4v) is 1.17. The first-order valence-corrected chi connectivity index (χ1v) is 3.54. The summed E-state index contributed by atoms with van der Waals surface area (Å²) in [4.78, 5) is 3.96. The van der Waals surface area contributed by atoms with E-state index < -0.39 is 0 Å². The molecule has 4 heteroatoms. The molecule has 0 saturated carbocycles. The predicted molar refractivity (Wildman–Crippen MR) is 46.2 cm³/mol. The molecule has 0 aliphatic heterocycles. The van der Waals surface area contributed by atoms with Gasteiger partial charge in [0.1, 0.15) is 5.84 Å². The van der Waals surface area contributed by atoms with Crippen molar-refractivity contribution in [2.45, 2.75) is 0 Å². The molecule has 4 nitrogen and oxygen atoms in total. The number of amidine groups is 1. The van der Waals surface area contributed by atoms with Gasteiger partial charge in [-0.2, -0.15) is 0 Å². The Bertz CT molecular complexity index is 429. The van der Waals surface area contributed by atoms with Crippen molar-refractivity contribution in [3.8, 4) is 0 Å². The Labute approximate surface area is 69.2 Å². The zero-order chi connectivity index (χ0) is 8.55. The first-order chi connectivity index (χ1) is 5.79. The summed E-state index contributed by atoms with van der Waals surface area (Å²) in [5.41, 5.74) is 6.99. The monoisotopic (exact) mass is 160 g/mol. The van der Waals surface area contributed by atoms with Crippen molar-refractivity contribution in [3.05, 3.63) is 36.4 Å². The maximum atomic E-state index is 7.29. The number of nitrogens with zero attached hydrogens (tertiary/aromatic N) is 2. The molecule has 0 aromatic carbocycles. The smallest absolute Gasteiger partial charge is 0.140 e. The lowest BCUT2D eigenvalue weighted by atomic mass is 10.3. The largest absolute Gasteiger partial charge is 0.382 e. The number of nitrogens with two attached hydrogens (primary N) is 1. The van der Waals surface area contributed by atoms with E-state index in [0.29, 0.717) is 5.69 Å². The summed E-state index contributed by atoms with van der Waals surface area (Å²) >= 11 is 0. The van der Waals surface area contributed by atoms with Crippen LogP contribution in [0.15, 0.2) is 30.7 Å². The lowest BCUT2D eigenvalue weighted by molar-refractivity contribution is 1.12. The molecular weight excluding hydrogens is 152 g/mol. The van der Waals surface area contributed by atoms with Crippen LogP contribution in [-0.4, -0.2) is 15.2 Å². The topological polar surface area (TPSA) is 67.2 Å². The molecule has 0 unspecified atom stereocenters. The number of aromatic nitrogens is 2. The predicted octanol–water partition coefficient (Wildman–Crippen LogP) is 0.618. The Hall–Kier alpha value is -1.84. The first kappa shape index (κ1) is 6.84. The minimum absolute atomic E-state index is 0.0543. The molecule has 2 heterocycles. The number of rotatable bonds is 1. The van der Waals surface area contributed by atoms with Crippen molar-refractivity contribution in [2.75, 3.05) is 0 Å². The van der Waals surface area contributed by atoms with Gasteiger partial charge >= 0.3 is 0 Å². The van der Waals surface area contributed by atoms with E-state index in [1.165, 1.54) is 0 Å². The van der Waals surface area contributed by atoms with Crippen LogP contribution < -0.4 is 5.73 Å². The van der Waals surface area contributed by atoms with Gasteiger partial charge in [-0.15, -0.1) is 0 Å². The Balaban J connectivity index is 2.82. The highest BCUT2D eigenvalue weighted by atomic mass is 15.0. The molecule has 0 saturated heterocycles. The number of pyridine rings is 1. The Morgan fingerprint density at radius 1 is 1.50 bits per heavy atom. The van der Waals surface area contributed by atoms with E-state index in [1.807, 2.05) is 12.1 Å². The fourth-order valence-electron chi connectivity index (χ4n) is 1.17. The number of nitrogens with one attached hydrogen (secondary N) is 1. The highest BCUT2D eigenvalue weighted by molar-refractivity contribution is 5.94. The first-order valence-electron chi connectivity index (χ1n) is 3.54. The van der Waals surface area contributed by atoms with Crippen LogP contribution in [0.25, 0.3) is 5.52 Å². The summed E-state index contributed by atoms with van der Waals surface area (Å²) in [6.07, 6.45) is 3.37. The van der Waals surface area contributed by atoms with E-state index in [-0.39, 0.29) is 5.84 Å². The van der Waals surface area contributed by atoms with Crippen LogP contribution in [-0.2, 0) is 0 Å². The lowest BCUT2D eigenvalue weighted by Gasteiger charge is -2.01. The van der Waals surface area contributed by atoms with Crippen molar-refractivity contribution in [1.82, 2.24) is 9.38 Å². The van der Waals surface area contributed by atoms with Gasteiger partial charge in [-0.25, -0.2) is 4.98 Å². The van der Waals surface area contributed by atoms with Crippen LogP contribution in [0.5, 0.6) is 0 Å². The Morgan fingerprint density at radius 2 is 2.33 bits per heavy atom. The second kappa shape index (κ2) is 2.34. The van der Waals surface area contributed by atoms with E-state index >= 15 is 0 Å². The van der Waals surface area contributed by atoms with Gasteiger partial charge in [-0.1, -0.05) is 6.07 Å². The summed E-state index contributed by atoms with van der Waals surface area (Å²) in [5, 5.41) is 7.29. The van der Waals surface area contributed by atoms with Gasteiger partial charge in [0.25, 0.3) is 0 Å². The SMILES string of the molecule is N=C(N)c1cccc2cncn12. The van der Waals surface area contributed by atoms with Crippen LogP contribution in [0.4, 0.5) is 0 Å². The molecule has 0 fully saturated rings. The number of fused-ring (bicyclic) bond motifs is 1. The molecule has 0 amide bonds. The summed E-state index contributed by atoms with van der Waals surface area (Å²) in [6, 6.07) is 5.56. The summed E-state index contributed by atoms with van der Waals surface area (Å²) in [5.74, 6) is 0.0543. The van der Waals surface area contributed by atoms with E-state index in [0.717, 1.165) is 5.52 Å². The van der Waals surface area contributed by atoms with Crippen molar-refractivity contribution in [1.29, 1.82) is 5.41 Å². The molecule has 0 aliphatic rings. The number of hydrogen-bond donors (Lipinski definition) is 2. The van der Waals surface area contributed by atoms with Gasteiger partial charge in [0, 0.05) is 0 Å². The van der Waals surface area contributed by atoms with Crippen LogP contribution in [0.3, 0.4) is 0 Å². The van der Waals surface area contributed by atoms with Crippen LogP contribution >= 0.6 is 0 Å². The van der Waals surface area contributed by atoms with Crippen LogP contribution in [0.1, 0.15) is 5.69 Å². The van der Waals surface area contributed by atoms with Crippen molar-refractivity contribution in [2.24, 2.45) is 5.73 Å². The molecule has 2 rings (SSSR count). The second-order valence-corrected chi connectivity index (χ2v) is 2.51. The second-order valence-electron chi connectivity index (χ2n) is 2.51. The maximum absolute atomic E-state index is 7.29. The molecule has 3 N–H and O–H groups in total. The zero-order valence-corrected chi connectivity index (χ0v) is 6.36. The third-order valence-electron chi connectivity index (χ3n) is 1.72. The van der Waals surface area contributed by atoms with E-state index in [9.17, 15) is 0 Å². The van der Waals surface area contributed by atoms with Gasteiger partial charge in [0.15, 0.2) is 0 Å². The van der Waals surface area contributed by atoms with Crippen molar-refractivity contribution >= 4 is 11.4 Å². The third-order valence-corrected chi connectivity index (χ3v) is 1.72. The highest BCUT2D eigenvalue weighted by Crippen LogP contribution is 2.05. The third kappa shape index (κ3) is 0.852. The average molecular weight is 160 g/mol. The van der Waals surface area contributed by atoms with Gasteiger partial charge in [-0.05, 0) is 12.1 Å². The number of hydrogen-bond acceptors (Lipinski definition) is 2. The van der Waals surface area contributed by atoms with Crippen molar-refractivity contribution in [3.63, 3.8) is 0 Å². The zero-order valence-electron chi connectivity index (χ0n) is 6.36. The van der Waals surface area contributed by atoms with Crippen molar-refractivity contribution < 1.29 is 0 Å². The molecule has 0 radical (unpaired) electrons. The normalized spacial score (nSPS) is 10.3. The lowest BCUT2D eigenvalue weighted by Crippen LogP contribution is -2.14. The standard InChI is InChI=1S/C8H8N4/c9-8(10)7-3-1-2-6-4-11-5-12(6)7/h1-5H,(H3,9,10). The molecule has 0 bridgehead atoms. The number of imidazole rings is 1. The van der Waals surface area contributed by atoms with Gasteiger partial charge in [-0.3, -0.25) is 9.81 Å². The van der Waals surface area contributed by atoms with Gasteiger partial charge in [0.05, 0.1) is 23.7 Å². The summed E-state index contributed by atoms with van der Waals surface area (Å²) in [7, 11) is 0. The van der Waals surface area contributed by atoms with E-state index in [4.69, 9.17) is 11.1 Å². The van der Waals surface area contributed by atoms with Gasteiger partial charge < -0.3 is 5.73 Å². The Morgan fingerprint density at radius 3 is 3.08 bits per heavy atom. The van der Waals surface area contributed by atoms with Crippen LogP contribution in [0.2, 0.25) is 0 Å². The quantitative estimate of drug-likeness (QED) is 0.474. The Kier molecular flexibility index (Phi) is 1.33. The molecule has 0 aliphatic carbocycles. The van der Waals surface area contributed by atoms with E-state index in [1.54, 1.807) is 23.0 Å². The maximum Gasteiger partial charge on any atom is 0.140 e. The molecule has 2 aromatic rings. The molecule has 60 valence electrons. The minimum Gasteiger partial charge on any atom is -0.382 e. The molecule has 2 aromatic heterocycles. The average Bonchev–Trinajstić information content (AvgIpc) is 2.49. The highest BCUT2D eigenvalue weighted by Gasteiger charge is 2.00. The molecule has 0 atom stereocenters. The van der Waals surface area contributed by atoms with Gasteiger partial charge in [0.2, 0.25) is 0 Å². The minimum atomic E-state index is 0.0543.